The zero-order valence-corrected chi connectivity index (χ0v) is 13.6. The summed E-state index contributed by atoms with van der Waals surface area (Å²) in [5.41, 5.74) is 5.72. The summed E-state index contributed by atoms with van der Waals surface area (Å²) in [7, 11) is 0. The molecule has 0 unspecified atom stereocenters. The molecule has 2 aromatic carbocycles. The molecule has 2 aromatic rings. The fourth-order valence-electron chi connectivity index (χ4n) is 2.73. The van der Waals surface area contributed by atoms with Gasteiger partial charge in [-0.25, -0.2) is 0 Å². The van der Waals surface area contributed by atoms with Gasteiger partial charge in [-0.05, 0) is 47.9 Å². The Balaban J connectivity index is 2.42. The Morgan fingerprint density at radius 1 is 1.05 bits per heavy atom. The number of hydrogen-bond donors (Lipinski definition) is 1. The number of aromatic hydroxyl groups is 1. The number of benzene rings is 2. The van der Waals surface area contributed by atoms with Crippen molar-refractivity contribution in [3.8, 4) is 16.9 Å². The maximum Gasteiger partial charge on any atom is 0.126 e. The van der Waals surface area contributed by atoms with E-state index in [9.17, 15) is 5.11 Å². The highest BCUT2D eigenvalue weighted by molar-refractivity contribution is 5.74. The lowest BCUT2D eigenvalue weighted by molar-refractivity contribution is 0.469. The molecule has 0 saturated carbocycles. The molecule has 0 aliphatic rings. The summed E-state index contributed by atoms with van der Waals surface area (Å²) in [4.78, 5) is 0. The van der Waals surface area contributed by atoms with Crippen LogP contribution in [0, 0.1) is 6.92 Å². The van der Waals surface area contributed by atoms with Gasteiger partial charge in [-0.2, -0.15) is 0 Å². The fourth-order valence-corrected chi connectivity index (χ4v) is 2.73. The van der Waals surface area contributed by atoms with Crippen molar-refractivity contribution in [2.45, 2.75) is 52.9 Å². The lowest BCUT2D eigenvalue weighted by atomic mass is 9.92. The van der Waals surface area contributed by atoms with Crippen molar-refractivity contribution in [3.63, 3.8) is 0 Å². The molecule has 0 spiro atoms. The second kappa shape index (κ2) is 6.80. The molecule has 0 aliphatic heterocycles. The minimum Gasteiger partial charge on any atom is -0.507 e. The summed E-state index contributed by atoms with van der Waals surface area (Å²) < 4.78 is 0. The zero-order valence-electron chi connectivity index (χ0n) is 13.6. The van der Waals surface area contributed by atoms with Gasteiger partial charge in [-0.1, -0.05) is 63.6 Å². The van der Waals surface area contributed by atoms with Gasteiger partial charge in [0.2, 0.25) is 0 Å². The third-order valence-electron chi connectivity index (χ3n) is 4.13. The number of rotatable bonds is 5. The average molecular weight is 282 g/mol. The van der Waals surface area contributed by atoms with Gasteiger partial charge in [0.1, 0.15) is 5.75 Å². The average Bonchev–Trinajstić information content (AvgIpc) is 2.46. The molecule has 2 rings (SSSR count). The second-order valence-corrected chi connectivity index (χ2v) is 6.15. The maximum absolute atomic E-state index is 10.6. The van der Waals surface area contributed by atoms with E-state index in [-0.39, 0.29) is 0 Å². The van der Waals surface area contributed by atoms with Crippen molar-refractivity contribution in [1.82, 2.24) is 0 Å². The molecule has 0 atom stereocenters. The molecule has 0 aliphatic carbocycles. The van der Waals surface area contributed by atoms with Crippen LogP contribution >= 0.6 is 0 Å². The summed E-state index contributed by atoms with van der Waals surface area (Å²) in [6.45, 7) is 8.71. The van der Waals surface area contributed by atoms with Crippen molar-refractivity contribution in [2.24, 2.45) is 0 Å². The normalized spacial score (nSPS) is 11.1. The summed E-state index contributed by atoms with van der Waals surface area (Å²) in [6, 6.07) is 12.6. The van der Waals surface area contributed by atoms with E-state index >= 15 is 0 Å². The van der Waals surface area contributed by atoms with Gasteiger partial charge in [0.05, 0.1) is 0 Å². The van der Waals surface area contributed by atoms with Crippen LogP contribution in [0.25, 0.3) is 11.1 Å². The molecular weight excluding hydrogens is 256 g/mol. The van der Waals surface area contributed by atoms with Crippen LogP contribution in [-0.4, -0.2) is 5.11 Å². The van der Waals surface area contributed by atoms with Crippen LogP contribution in [0.15, 0.2) is 36.4 Å². The van der Waals surface area contributed by atoms with Crippen LogP contribution in [0.3, 0.4) is 0 Å². The van der Waals surface area contributed by atoms with E-state index < -0.39 is 0 Å². The third-order valence-corrected chi connectivity index (χ3v) is 4.13. The van der Waals surface area contributed by atoms with Crippen LogP contribution in [0.4, 0.5) is 0 Å². The van der Waals surface area contributed by atoms with Gasteiger partial charge in [-0.15, -0.1) is 0 Å². The Labute approximate surface area is 128 Å². The molecule has 0 radical (unpaired) electrons. The topological polar surface area (TPSA) is 20.2 Å². The van der Waals surface area contributed by atoms with Gasteiger partial charge in [-0.3, -0.25) is 0 Å². The highest BCUT2D eigenvalue weighted by atomic mass is 16.3. The van der Waals surface area contributed by atoms with Gasteiger partial charge in [0.25, 0.3) is 0 Å². The molecule has 112 valence electrons. The summed E-state index contributed by atoms with van der Waals surface area (Å²) in [6.07, 6.45) is 3.20. The van der Waals surface area contributed by atoms with E-state index in [1.54, 1.807) is 0 Å². The number of aryl methyl sites for hydroxylation is 2. The molecule has 1 heteroatoms. The van der Waals surface area contributed by atoms with Crippen LogP contribution in [-0.2, 0) is 6.42 Å². The van der Waals surface area contributed by atoms with Gasteiger partial charge >= 0.3 is 0 Å². The molecule has 0 fully saturated rings. The number of unbranched alkanes of at least 4 members (excludes halogenated alkanes) is 1. The molecule has 0 aromatic heterocycles. The quantitative estimate of drug-likeness (QED) is 0.731. The monoisotopic (exact) mass is 282 g/mol. The van der Waals surface area contributed by atoms with Crippen LogP contribution in [0.5, 0.6) is 5.75 Å². The Kier molecular flexibility index (Phi) is 5.06. The largest absolute Gasteiger partial charge is 0.507 e. The molecule has 1 nitrogen and oxygen atoms in total. The first kappa shape index (κ1) is 15.6. The number of phenols is 1. The maximum atomic E-state index is 10.6. The van der Waals surface area contributed by atoms with Gasteiger partial charge < -0.3 is 5.11 Å². The molecule has 0 heterocycles. The van der Waals surface area contributed by atoms with E-state index in [1.807, 2.05) is 12.1 Å². The Morgan fingerprint density at radius 3 is 2.43 bits per heavy atom. The SMILES string of the molecule is CCCCc1cccc(-c2ccc(C(C)C)cc2C)c1O. The predicted octanol–water partition coefficient (Wildman–Crippen LogP) is 5.83. The number of para-hydroxylation sites is 1. The standard InChI is InChI=1S/C20H26O/c1-5-6-8-16-9-7-10-19(20(16)21)18-12-11-17(14(2)3)13-15(18)4/h7,9-14,21H,5-6,8H2,1-4H3. The summed E-state index contributed by atoms with van der Waals surface area (Å²) in [5, 5.41) is 10.6. The van der Waals surface area contributed by atoms with E-state index in [1.165, 1.54) is 11.1 Å². The van der Waals surface area contributed by atoms with Crippen molar-refractivity contribution in [2.75, 3.05) is 0 Å². The zero-order chi connectivity index (χ0) is 15.4. The molecular formula is C20H26O. The molecule has 0 amide bonds. The van der Waals surface area contributed by atoms with E-state index in [0.29, 0.717) is 11.7 Å². The van der Waals surface area contributed by atoms with E-state index in [0.717, 1.165) is 36.0 Å². The van der Waals surface area contributed by atoms with E-state index in [4.69, 9.17) is 0 Å². The molecule has 21 heavy (non-hydrogen) atoms. The number of hydrogen-bond acceptors (Lipinski definition) is 1. The van der Waals surface area contributed by atoms with Crippen LogP contribution in [0.2, 0.25) is 0 Å². The fraction of sp³-hybridized carbons (Fsp3) is 0.400. The summed E-state index contributed by atoms with van der Waals surface area (Å²) in [5.74, 6) is 0.980. The van der Waals surface area contributed by atoms with Crippen LogP contribution < -0.4 is 0 Å². The molecule has 1 N–H and O–H groups in total. The third kappa shape index (κ3) is 3.47. The van der Waals surface area contributed by atoms with Crippen molar-refractivity contribution < 1.29 is 5.11 Å². The Morgan fingerprint density at radius 2 is 1.81 bits per heavy atom. The molecule has 0 saturated heterocycles. The number of phenolic OH excluding ortho intramolecular Hbond substituents is 1. The minimum atomic E-state index is 0.450. The first-order chi connectivity index (χ1) is 10.0. The Hall–Kier alpha value is -1.76. The predicted molar refractivity (Wildman–Crippen MR) is 91.0 cm³/mol. The highest BCUT2D eigenvalue weighted by Gasteiger charge is 2.11. The first-order valence-electron chi connectivity index (χ1n) is 7.96. The first-order valence-corrected chi connectivity index (χ1v) is 7.96. The second-order valence-electron chi connectivity index (χ2n) is 6.15. The van der Waals surface area contributed by atoms with Crippen molar-refractivity contribution in [1.29, 1.82) is 0 Å². The van der Waals surface area contributed by atoms with E-state index in [2.05, 4.69) is 52.0 Å². The smallest absolute Gasteiger partial charge is 0.126 e. The van der Waals surface area contributed by atoms with Crippen molar-refractivity contribution >= 4 is 0 Å². The van der Waals surface area contributed by atoms with Gasteiger partial charge in [0.15, 0.2) is 0 Å². The molecule has 0 bridgehead atoms. The van der Waals surface area contributed by atoms with Gasteiger partial charge in [0, 0.05) is 5.56 Å². The highest BCUT2D eigenvalue weighted by Crippen LogP contribution is 2.35. The lowest BCUT2D eigenvalue weighted by Gasteiger charge is -2.14. The Bertz CT molecular complexity index is 611. The summed E-state index contributed by atoms with van der Waals surface area (Å²) >= 11 is 0. The van der Waals surface area contributed by atoms with Crippen molar-refractivity contribution in [3.05, 3.63) is 53.1 Å². The minimum absolute atomic E-state index is 0.450. The lowest BCUT2D eigenvalue weighted by Crippen LogP contribution is -1.93. The van der Waals surface area contributed by atoms with Crippen LogP contribution in [0.1, 0.15) is 56.2 Å².